The Morgan fingerprint density at radius 1 is 1.10 bits per heavy atom. The first-order chi connectivity index (χ1) is 10.1. The molecule has 1 saturated heterocycles. The predicted octanol–water partition coefficient (Wildman–Crippen LogP) is 2.20. The molecule has 2 unspecified atom stereocenters. The van der Waals surface area contributed by atoms with Crippen molar-refractivity contribution in [3.8, 4) is 0 Å². The molecule has 4 nitrogen and oxygen atoms in total. The third-order valence-corrected chi connectivity index (χ3v) is 4.77. The van der Waals surface area contributed by atoms with Crippen LogP contribution in [0.1, 0.15) is 19.3 Å². The zero-order chi connectivity index (χ0) is 14.8. The van der Waals surface area contributed by atoms with Gasteiger partial charge in [-0.1, -0.05) is 6.42 Å². The molecule has 0 aromatic heterocycles. The Kier molecular flexibility index (Phi) is 4.10. The summed E-state index contributed by atoms with van der Waals surface area (Å²) in [5.41, 5.74) is 1.04. The summed E-state index contributed by atoms with van der Waals surface area (Å²) < 4.78 is 13.0. The van der Waals surface area contributed by atoms with Gasteiger partial charge in [0, 0.05) is 37.9 Å². The number of nitrogens with zero attached hydrogens (tertiary/aromatic N) is 2. The van der Waals surface area contributed by atoms with Crippen molar-refractivity contribution in [2.75, 3.05) is 31.1 Å². The molecule has 3 rings (SSSR count). The molecule has 5 heteroatoms. The number of benzene rings is 1. The lowest BCUT2D eigenvalue weighted by Gasteiger charge is -2.40. The lowest BCUT2D eigenvalue weighted by molar-refractivity contribution is -0.143. The standard InChI is InChI=1S/C16H21FN2O2/c17-12-4-6-13(7-5-12)18-8-10-19(11-9-18)15-3-1-2-14(15)16(20)21/h4-7,14-15H,1-3,8-11H2,(H,20,21). The van der Waals surface area contributed by atoms with Gasteiger partial charge in [0.15, 0.2) is 0 Å². The molecule has 0 bridgehead atoms. The molecule has 0 spiro atoms. The van der Waals surface area contributed by atoms with Gasteiger partial charge >= 0.3 is 5.97 Å². The quantitative estimate of drug-likeness (QED) is 0.927. The molecule has 21 heavy (non-hydrogen) atoms. The molecule has 2 atom stereocenters. The van der Waals surface area contributed by atoms with E-state index in [2.05, 4.69) is 9.80 Å². The lowest BCUT2D eigenvalue weighted by atomic mass is 10.0. The van der Waals surface area contributed by atoms with E-state index in [-0.39, 0.29) is 17.8 Å². The molecule has 114 valence electrons. The second-order valence-electron chi connectivity index (χ2n) is 5.94. The normalized spacial score (nSPS) is 27.0. The summed E-state index contributed by atoms with van der Waals surface area (Å²) in [7, 11) is 0. The van der Waals surface area contributed by atoms with E-state index in [1.165, 1.54) is 12.1 Å². The average molecular weight is 292 g/mol. The number of anilines is 1. The van der Waals surface area contributed by atoms with Crippen LogP contribution in [0.3, 0.4) is 0 Å². The highest BCUT2D eigenvalue weighted by molar-refractivity contribution is 5.71. The lowest BCUT2D eigenvalue weighted by Crippen LogP contribution is -2.52. The van der Waals surface area contributed by atoms with E-state index in [1.807, 2.05) is 0 Å². The number of halogens is 1. The summed E-state index contributed by atoms with van der Waals surface area (Å²) in [6.45, 7) is 3.50. The second kappa shape index (κ2) is 6.02. The van der Waals surface area contributed by atoms with Crippen LogP contribution in [0.2, 0.25) is 0 Å². The average Bonchev–Trinajstić information content (AvgIpc) is 2.98. The van der Waals surface area contributed by atoms with Crippen LogP contribution in [-0.4, -0.2) is 48.2 Å². The number of carboxylic acids is 1. The number of carboxylic acid groups (broad SMARTS) is 1. The Morgan fingerprint density at radius 3 is 2.38 bits per heavy atom. The minimum absolute atomic E-state index is 0.192. The van der Waals surface area contributed by atoms with Crippen LogP contribution in [0.4, 0.5) is 10.1 Å². The Balaban J connectivity index is 1.60. The fourth-order valence-electron chi connectivity index (χ4n) is 3.63. The molecule has 0 radical (unpaired) electrons. The summed E-state index contributed by atoms with van der Waals surface area (Å²) >= 11 is 0. The third kappa shape index (κ3) is 3.02. The van der Waals surface area contributed by atoms with Gasteiger partial charge in [-0.15, -0.1) is 0 Å². The maximum atomic E-state index is 13.0. The molecular formula is C16H21FN2O2. The summed E-state index contributed by atoms with van der Waals surface area (Å²) in [6.07, 6.45) is 2.81. The van der Waals surface area contributed by atoms with Crippen LogP contribution < -0.4 is 4.90 Å². The van der Waals surface area contributed by atoms with Crippen molar-refractivity contribution in [1.82, 2.24) is 4.90 Å². The SMILES string of the molecule is O=C(O)C1CCCC1N1CCN(c2ccc(F)cc2)CC1. The van der Waals surface area contributed by atoms with Gasteiger partial charge in [-0.25, -0.2) is 4.39 Å². The monoisotopic (exact) mass is 292 g/mol. The summed E-state index contributed by atoms with van der Waals surface area (Å²) in [5, 5.41) is 9.30. The zero-order valence-electron chi connectivity index (χ0n) is 12.0. The number of aliphatic carboxylic acids is 1. The van der Waals surface area contributed by atoms with Crippen molar-refractivity contribution in [2.24, 2.45) is 5.92 Å². The number of piperazine rings is 1. The van der Waals surface area contributed by atoms with Crippen molar-refractivity contribution >= 4 is 11.7 Å². The highest BCUT2D eigenvalue weighted by Gasteiger charge is 2.37. The molecule has 1 aromatic rings. The fourth-order valence-corrected chi connectivity index (χ4v) is 3.63. The van der Waals surface area contributed by atoms with Gasteiger partial charge in [0.2, 0.25) is 0 Å². The maximum absolute atomic E-state index is 13.0. The molecule has 1 saturated carbocycles. The van der Waals surface area contributed by atoms with Gasteiger partial charge in [-0.3, -0.25) is 9.69 Å². The minimum atomic E-state index is -0.654. The van der Waals surface area contributed by atoms with Crippen molar-refractivity contribution < 1.29 is 14.3 Å². The molecule has 1 N–H and O–H groups in total. The first-order valence-electron chi connectivity index (χ1n) is 7.62. The molecule has 1 heterocycles. The van der Waals surface area contributed by atoms with Crippen molar-refractivity contribution in [3.63, 3.8) is 0 Å². The van der Waals surface area contributed by atoms with Crippen LogP contribution in [0, 0.1) is 11.7 Å². The van der Waals surface area contributed by atoms with E-state index in [4.69, 9.17) is 0 Å². The number of rotatable bonds is 3. The number of hydrogen-bond acceptors (Lipinski definition) is 3. The highest BCUT2D eigenvalue weighted by Crippen LogP contribution is 2.31. The van der Waals surface area contributed by atoms with Crippen LogP contribution in [-0.2, 0) is 4.79 Å². The van der Waals surface area contributed by atoms with E-state index in [9.17, 15) is 14.3 Å². The first-order valence-corrected chi connectivity index (χ1v) is 7.62. The Labute approximate surface area is 124 Å². The van der Waals surface area contributed by atoms with Crippen LogP contribution in [0.5, 0.6) is 0 Å². The van der Waals surface area contributed by atoms with E-state index in [0.717, 1.165) is 51.1 Å². The Bertz CT molecular complexity index is 498. The van der Waals surface area contributed by atoms with Crippen LogP contribution in [0.25, 0.3) is 0 Å². The van der Waals surface area contributed by atoms with Crippen molar-refractivity contribution in [3.05, 3.63) is 30.1 Å². The maximum Gasteiger partial charge on any atom is 0.308 e. The van der Waals surface area contributed by atoms with Crippen molar-refractivity contribution in [1.29, 1.82) is 0 Å². The van der Waals surface area contributed by atoms with Gasteiger partial charge in [-0.05, 0) is 37.1 Å². The molecular weight excluding hydrogens is 271 g/mol. The van der Waals surface area contributed by atoms with Crippen LogP contribution in [0.15, 0.2) is 24.3 Å². The highest BCUT2D eigenvalue weighted by atomic mass is 19.1. The molecule has 1 aliphatic carbocycles. The summed E-state index contributed by atoms with van der Waals surface area (Å²) in [6, 6.07) is 6.78. The van der Waals surface area contributed by atoms with Crippen LogP contribution >= 0.6 is 0 Å². The predicted molar refractivity (Wildman–Crippen MR) is 79.0 cm³/mol. The molecule has 0 amide bonds. The fraction of sp³-hybridized carbons (Fsp3) is 0.562. The molecule has 1 aromatic carbocycles. The number of hydrogen-bond donors (Lipinski definition) is 1. The Morgan fingerprint density at radius 2 is 1.76 bits per heavy atom. The van der Waals surface area contributed by atoms with Gasteiger partial charge in [0.05, 0.1) is 5.92 Å². The largest absolute Gasteiger partial charge is 0.481 e. The topological polar surface area (TPSA) is 43.8 Å². The van der Waals surface area contributed by atoms with Gasteiger partial charge in [0.25, 0.3) is 0 Å². The minimum Gasteiger partial charge on any atom is -0.481 e. The molecule has 1 aliphatic heterocycles. The van der Waals surface area contributed by atoms with Gasteiger partial charge in [0.1, 0.15) is 5.82 Å². The third-order valence-electron chi connectivity index (χ3n) is 4.77. The smallest absolute Gasteiger partial charge is 0.308 e. The molecule has 2 fully saturated rings. The number of carbonyl (C=O) groups is 1. The first kappa shape index (κ1) is 14.3. The van der Waals surface area contributed by atoms with E-state index >= 15 is 0 Å². The van der Waals surface area contributed by atoms with E-state index in [1.54, 1.807) is 12.1 Å². The van der Waals surface area contributed by atoms with E-state index in [0.29, 0.717) is 0 Å². The summed E-state index contributed by atoms with van der Waals surface area (Å²) in [5.74, 6) is -1.08. The van der Waals surface area contributed by atoms with Gasteiger partial charge < -0.3 is 10.0 Å². The van der Waals surface area contributed by atoms with Gasteiger partial charge in [-0.2, -0.15) is 0 Å². The van der Waals surface area contributed by atoms with E-state index < -0.39 is 5.97 Å². The Hall–Kier alpha value is -1.62. The summed E-state index contributed by atoms with van der Waals surface area (Å²) in [4.78, 5) is 15.9. The van der Waals surface area contributed by atoms with Crippen molar-refractivity contribution in [2.45, 2.75) is 25.3 Å². The second-order valence-corrected chi connectivity index (χ2v) is 5.94. The molecule has 2 aliphatic rings. The zero-order valence-corrected chi connectivity index (χ0v) is 12.0.